The van der Waals surface area contributed by atoms with E-state index in [9.17, 15) is 33.6 Å². The Morgan fingerprint density at radius 3 is 1.15 bits per heavy atom. The molecular formula is C48H91N7O18. The summed E-state index contributed by atoms with van der Waals surface area (Å²) < 4.78 is 47.0. The first kappa shape index (κ1) is 68.4. The van der Waals surface area contributed by atoms with Gasteiger partial charge in [0.2, 0.25) is 5.91 Å². The third-order valence-corrected chi connectivity index (χ3v) is 10.5. The molecule has 0 saturated carbocycles. The molecule has 0 atom stereocenters. The van der Waals surface area contributed by atoms with Gasteiger partial charge >= 0.3 is 36.2 Å². The molecule has 0 aromatic heterocycles. The van der Waals surface area contributed by atoms with Gasteiger partial charge in [-0.1, -0.05) is 32.6 Å². The molecule has 0 aliphatic carbocycles. The fourth-order valence-corrected chi connectivity index (χ4v) is 6.48. The van der Waals surface area contributed by atoms with Gasteiger partial charge in [0.1, 0.15) is 39.6 Å². The molecule has 0 bridgehead atoms. The molecule has 0 aromatic carbocycles. The molecule has 6 N–H and O–H groups in total. The fourth-order valence-electron chi connectivity index (χ4n) is 6.48. The lowest BCUT2D eigenvalue weighted by atomic mass is 10.2. The lowest BCUT2D eigenvalue weighted by molar-refractivity contribution is -0.145. The van der Waals surface area contributed by atoms with Crippen LogP contribution in [0.4, 0.5) is 14.4 Å². The van der Waals surface area contributed by atoms with Crippen LogP contribution >= 0.6 is 0 Å². The maximum atomic E-state index is 12.3. The van der Waals surface area contributed by atoms with E-state index in [0.29, 0.717) is 105 Å². The van der Waals surface area contributed by atoms with Gasteiger partial charge in [-0.2, -0.15) is 0 Å². The van der Waals surface area contributed by atoms with Crippen LogP contribution in [0, 0.1) is 0 Å². The highest BCUT2D eigenvalue weighted by Gasteiger charge is 2.14. The third kappa shape index (κ3) is 46.9. The molecule has 0 heterocycles. The molecule has 0 aliphatic heterocycles. The highest BCUT2D eigenvalue weighted by atomic mass is 16.6. The van der Waals surface area contributed by atoms with Gasteiger partial charge in [-0.05, 0) is 39.0 Å². The van der Waals surface area contributed by atoms with E-state index in [4.69, 9.17) is 52.8 Å². The second kappa shape index (κ2) is 50.9. The van der Waals surface area contributed by atoms with Gasteiger partial charge in [0, 0.05) is 98.8 Å². The number of amides is 4. The number of aliphatic hydroxyl groups is 2. The van der Waals surface area contributed by atoms with Crippen molar-refractivity contribution in [2.24, 2.45) is 0 Å². The summed E-state index contributed by atoms with van der Waals surface area (Å²) in [6.07, 6.45) is 6.01. The Labute approximate surface area is 432 Å². The Hall–Kier alpha value is -4.63. The Bertz CT molecular complexity index is 1420. The molecule has 426 valence electrons. The number of methoxy groups -OCH3 is 1. The Morgan fingerprint density at radius 1 is 0.397 bits per heavy atom. The van der Waals surface area contributed by atoms with E-state index in [1.807, 2.05) is 21.6 Å². The summed E-state index contributed by atoms with van der Waals surface area (Å²) in [6, 6.07) is 0. The van der Waals surface area contributed by atoms with Crippen LogP contribution in [0.2, 0.25) is 0 Å². The Balaban J connectivity index is 4.20. The number of unbranched alkanes of at least 4 members (excludes halogenated alkanes) is 6. The lowest BCUT2D eigenvalue weighted by Crippen LogP contribution is -2.36. The van der Waals surface area contributed by atoms with E-state index in [1.165, 1.54) is 0 Å². The standard InChI is InChI=1S/C48H91N7O18/c1-4-32-66-34-25-54(23-16-45(61)70-40-31-57)28-37-72-47(63)50-18-11-7-6-10-17-49-42(58)41-67-35-26-55(21-14-43(59)68-5-2)29-38-73-48(64)52-20-13-9-8-12-19-51-46(62)71-36-27-53(24-33-65-3)22-15-44(60)69-39-30-56/h56-57H,4-41H2,1-3H3,(H,49,58)(H,50,63)(H,51,62)(H,52,64). The average molecular weight is 1050 g/mol. The SMILES string of the molecule is CCCOCCN(CCOC(=O)NCCCCCCNC(=O)COCCN(CCOC(=O)NCCCCCCNC(=O)OCCN(CCOC)CCC(=O)OCCO)CCC(=O)OCC)CCC(=O)OCCO. The zero-order chi connectivity index (χ0) is 53.8. The summed E-state index contributed by atoms with van der Waals surface area (Å²) in [4.78, 5) is 90.3. The van der Waals surface area contributed by atoms with E-state index in [-0.39, 0.29) is 97.2 Å². The average Bonchev–Trinajstić information content (AvgIpc) is 3.37. The predicted molar refractivity (Wildman–Crippen MR) is 268 cm³/mol. The number of nitrogens with one attached hydrogen (secondary N) is 4. The van der Waals surface area contributed by atoms with E-state index in [1.54, 1.807) is 14.0 Å². The van der Waals surface area contributed by atoms with Crippen molar-refractivity contribution in [3.05, 3.63) is 0 Å². The molecule has 0 aliphatic rings. The number of hydrogen-bond acceptors (Lipinski definition) is 21. The quantitative estimate of drug-likeness (QED) is 0.0283. The van der Waals surface area contributed by atoms with Crippen LogP contribution in [0.25, 0.3) is 0 Å². The van der Waals surface area contributed by atoms with Crippen LogP contribution < -0.4 is 21.3 Å². The molecule has 0 unspecified atom stereocenters. The van der Waals surface area contributed by atoms with Crippen LogP contribution in [0.1, 0.15) is 90.9 Å². The largest absolute Gasteiger partial charge is 0.466 e. The van der Waals surface area contributed by atoms with Crippen molar-refractivity contribution < 1.29 is 86.4 Å². The summed E-state index contributed by atoms with van der Waals surface area (Å²) >= 11 is 0. The maximum absolute atomic E-state index is 12.3. The van der Waals surface area contributed by atoms with Crippen molar-refractivity contribution in [1.29, 1.82) is 0 Å². The highest BCUT2D eigenvalue weighted by molar-refractivity contribution is 5.77. The molecule has 73 heavy (non-hydrogen) atoms. The summed E-state index contributed by atoms with van der Waals surface area (Å²) in [7, 11) is 1.58. The van der Waals surface area contributed by atoms with Crippen molar-refractivity contribution in [1.82, 2.24) is 36.0 Å². The maximum Gasteiger partial charge on any atom is 0.407 e. The fraction of sp³-hybridized carbons (Fsp3) is 0.854. The van der Waals surface area contributed by atoms with E-state index < -0.39 is 30.2 Å². The van der Waals surface area contributed by atoms with Crippen LogP contribution in [0.15, 0.2) is 0 Å². The van der Waals surface area contributed by atoms with Gasteiger partial charge < -0.3 is 74.1 Å². The minimum Gasteiger partial charge on any atom is -0.466 e. The van der Waals surface area contributed by atoms with Gasteiger partial charge in [0.15, 0.2) is 0 Å². The first-order valence-electron chi connectivity index (χ1n) is 26.0. The minimum atomic E-state index is -0.559. The molecule has 0 aromatic rings. The monoisotopic (exact) mass is 1050 g/mol. The summed E-state index contributed by atoms with van der Waals surface area (Å²) in [6.45, 7) is 11.1. The van der Waals surface area contributed by atoms with Crippen LogP contribution in [-0.4, -0.2) is 245 Å². The third-order valence-electron chi connectivity index (χ3n) is 10.5. The van der Waals surface area contributed by atoms with Gasteiger partial charge in [0.05, 0.1) is 58.9 Å². The number of ether oxygens (including phenoxy) is 9. The van der Waals surface area contributed by atoms with Crippen molar-refractivity contribution in [3.8, 4) is 0 Å². The molecule has 0 rings (SSSR count). The predicted octanol–water partition coefficient (Wildman–Crippen LogP) is 1.20. The molecule has 0 spiro atoms. The van der Waals surface area contributed by atoms with E-state index >= 15 is 0 Å². The second-order valence-electron chi connectivity index (χ2n) is 16.5. The molecule has 0 fully saturated rings. The zero-order valence-electron chi connectivity index (χ0n) is 44.1. The van der Waals surface area contributed by atoms with Gasteiger partial charge in [0.25, 0.3) is 0 Å². The molecule has 25 nitrogen and oxygen atoms in total. The van der Waals surface area contributed by atoms with Crippen molar-refractivity contribution in [2.45, 2.75) is 90.9 Å². The van der Waals surface area contributed by atoms with Gasteiger partial charge in [-0.15, -0.1) is 0 Å². The number of rotatable bonds is 50. The Morgan fingerprint density at radius 2 is 0.767 bits per heavy atom. The normalized spacial score (nSPS) is 11.1. The van der Waals surface area contributed by atoms with Crippen molar-refractivity contribution in [2.75, 3.05) is 178 Å². The van der Waals surface area contributed by atoms with Gasteiger partial charge in [-0.3, -0.25) is 33.9 Å². The number of esters is 3. The summed E-state index contributed by atoms with van der Waals surface area (Å²) in [5.41, 5.74) is 0. The van der Waals surface area contributed by atoms with Crippen LogP contribution in [-0.2, 0) is 61.8 Å². The van der Waals surface area contributed by atoms with Crippen LogP contribution in [0.3, 0.4) is 0 Å². The number of nitrogens with zero attached hydrogens (tertiary/aromatic N) is 3. The van der Waals surface area contributed by atoms with Crippen LogP contribution in [0.5, 0.6) is 0 Å². The zero-order valence-corrected chi connectivity index (χ0v) is 44.1. The summed E-state index contributed by atoms with van der Waals surface area (Å²) in [5, 5.41) is 28.6. The smallest absolute Gasteiger partial charge is 0.407 e. The number of hydrogen-bond donors (Lipinski definition) is 6. The highest BCUT2D eigenvalue weighted by Crippen LogP contribution is 2.02. The molecule has 4 amide bonds. The second-order valence-corrected chi connectivity index (χ2v) is 16.5. The number of carbonyl (C=O) groups excluding carboxylic acids is 7. The van der Waals surface area contributed by atoms with Crippen molar-refractivity contribution >= 4 is 42.1 Å². The van der Waals surface area contributed by atoms with E-state index in [2.05, 4.69) is 21.3 Å². The molecule has 0 saturated heterocycles. The number of carbonyl (C=O) groups is 7. The lowest BCUT2D eigenvalue weighted by Gasteiger charge is -2.21. The number of aliphatic hydroxyl groups excluding tert-OH is 2. The Kier molecular flexibility index (Phi) is 47.7. The van der Waals surface area contributed by atoms with Crippen molar-refractivity contribution in [3.63, 3.8) is 0 Å². The molecular weight excluding hydrogens is 963 g/mol. The first-order valence-corrected chi connectivity index (χ1v) is 26.0. The first-order chi connectivity index (χ1) is 35.5. The van der Waals surface area contributed by atoms with Gasteiger partial charge in [-0.25, -0.2) is 14.4 Å². The summed E-state index contributed by atoms with van der Waals surface area (Å²) in [5.74, 6) is -1.42. The topological polar surface area (TPSA) is 301 Å². The van der Waals surface area contributed by atoms with E-state index in [0.717, 1.165) is 57.8 Å². The number of alkyl carbamates (subject to hydrolysis) is 3. The molecule has 25 heteroatoms. The molecule has 0 radical (unpaired) electrons. The minimum absolute atomic E-state index is 0.0415.